The van der Waals surface area contributed by atoms with Gasteiger partial charge in [-0.25, -0.2) is 0 Å². The van der Waals surface area contributed by atoms with Crippen molar-refractivity contribution in [2.75, 3.05) is 0 Å². The maximum Gasteiger partial charge on any atom is 0.257 e. The lowest BCUT2D eigenvalue weighted by atomic mass is 10.0. The van der Waals surface area contributed by atoms with Gasteiger partial charge >= 0.3 is 0 Å². The third kappa shape index (κ3) is 1.59. The van der Waals surface area contributed by atoms with Crippen LogP contribution in [0.2, 0.25) is 0 Å². The summed E-state index contributed by atoms with van der Waals surface area (Å²) in [5, 5.41) is 11.3. The van der Waals surface area contributed by atoms with Gasteiger partial charge in [-0.2, -0.15) is 5.26 Å². The molecule has 0 amide bonds. The Kier molecular flexibility index (Phi) is 2.36. The topological polar surface area (TPSA) is 69.5 Å². The second-order valence-corrected chi connectivity index (χ2v) is 4.58. The van der Waals surface area contributed by atoms with Crippen molar-refractivity contribution in [2.45, 2.75) is 13.8 Å². The Morgan fingerprint density at radius 1 is 1.26 bits per heavy atom. The van der Waals surface area contributed by atoms with E-state index in [4.69, 9.17) is 5.26 Å². The van der Waals surface area contributed by atoms with Crippen LogP contribution < -0.4 is 5.56 Å². The molecule has 1 aromatic carbocycles. The highest BCUT2D eigenvalue weighted by atomic mass is 16.1. The first-order chi connectivity index (χ1) is 9.11. The summed E-state index contributed by atoms with van der Waals surface area (Å²) in [6, 6.07) is 7.40. The van der Waals surface area contributed by atoms with Crippen LogP contribution in [0.5, 0.6) is 0 Å². The molecular formula is C15H11N3O. The van der Waals surface area contributed by atoms with Gasteiger partial charge in [0, 0.05) is 28.2 Å². The number of H-pyrrole nitrogens is 1. The van der Waals surface area contributed by atoms with Crippen LogP contribution in [0.3, 0.4) is 0 Å². The second-order valence-electron chi connectivity index (χ2n) is 4.58. The molecule has 0 aliphatic heterocycles. The summed E-state index contributed by atoms with van der Waals surface area (Å²) in [5.41, 5.74) is 3.04. The number of nitriles is 1. The third-order valence-electron chi connectivity index (χ3n) is 3.49. The molecule has 0 aliphatic rings. The number of rotatable bonds is 0. The molecule has 3 rings (SSSR count). The molecule has 0 fully saturated rings. The first kappa shape index (κ1) is 11.4. The van der Waals surface area contributed by atoms with E-state index in [1.165, 1.54) is 0 Å². The summed E-state index contributed by atoms with van der Waals surface area (Å²) >= 11 is 0. The first-order valence-corrected chi connectivity index (χ1v) is 5.94. The van der Waals surface area contributed by atoms with E-state index in [-0.39, 0.29) is 5.56 Å². The van der Waals surface area contributed by atoms with Gasteiger partial charge in [0.1, 0.15) is 0 Å². The SMILES string of the molecule is Cc1ncc2c(=O)[nH]c3ccc(C#N)cc3c2c1C. The molecule has 2 aromatic heterocycles. The summed E-state index contributed by atoms with van der Waals surface area (Å²) < 4.78 is 0. The Morgan fingerprint density at radius 3 is 2.79 bits per heavy atom. The number of fused-ring (bicyclic) bond motifs is 3. The number of aryl methyl sites for hydroxylation is 2. The van der Waals surface area contributed by atoms with Crippen LogP contribution in [-0.2, 0) is 0 Å². The largest absolute Gasteiger partial charge is 0.321 e. The monoisotopic (exact) mass is 249 g/mol. The van der Waals surface area contributed by atoms with E-state index in [9.17, 15) is 4.79 Å². The van der Waals surface area contributed by atoms with E-state index < -0.39 is 0 Å². The summed E-state index contributed by atoms with van der Waals surface area (Å²) in [6.45, 7) is 3.86. The van der Waals surface area contributed by atoms with Gasteiger partial charge in [-0.15, -0.1) is 0 Å². The molecule has 0 spiro atoms. The zero-order chi connectivity index (χ0) is 13.6. The van der Waals surface area contributed by atoms with Gasteiger partial charge in [0.25, 0.3) is 5.56 Å². The van der Waals surface area contributed by atoms with Crippen LogP contribution in [0, 0.1) is 25.2 Å². The predicted molar refractivity (Wildman–Crippen MR) is 74.1 cm³/mol. The van der Waals surface area contributed by atoms with Crippen molar-refractivity contribution in [2.24, 2.45) is 0 Å². The maximum atomic E-state index is 12.1. The zero-order valence-corrected chi connectivity index (χ0v) is 10.6. The number of aromatic amines is 1. The highest BCUT2D eigenvalue weighted by Crippen LogP contribution is 2.25. The molecule has 19 heavy (non-hydrogen) atoms. The number of hydrogen-bond donors (Lipinski definition) is 1. The Labute approximate surface area is 109 Å². The van der Waals surface area contributed by atoms with Crippen molar-refractivity contribution in [1.82, 2.24) is 9.97 Å². The molecule has 0 aliphatic carbocycles. The number of hydrogen-bond acceptors (Lipinski definition) is 3. The fourth-order valence-corrected chi connectivity index (χ4v) is 2.34. The lowest BCUT2D eigenvalue weighted by Crippen LogP contribution is -2.08. The standard InChI is InChI=1S/C15H11N3O/c1-8-9(2)17-7-12-14(8)11-5-10(6-16)3-4-13(11)18-15(12)19/h3-5,7H,1-2H3,(H,18,19). The molecule has 0 saturated carbocycles. The zero-order valence-electron chi connectivity index (χ0n) is 10.6. The second kappa shape index (κ2) is 3.92. The minimum Gasteiger partial charge on any atom is -0.321 e. The predicted octanol–water partition coefficient (Wildman–Crippen LogP) is 2.56. The summed E-state index contributed by atoms with van der Waals surface area (Å²) in [5.74, 6) is 0. The van der Waals surface area contributed by atoms with E-state index >= 15 is 0 Å². The summed E-state index contributed by atoms with van der Waals surface area (Å²) in [4.78, 5) is 19.1. The van der Waals surface area contributed by atoms with Gasteiger partial charge in [0.2, 0.25) is 0 Å². The molecule has 0 unspecified atom stereocenters. The lowest BCUT2D eigenvalue weighted by Gasteiger charge is -2.08. The highest BCUT2D eigenvalue weighted by Gasteiger charge is 2.10. The summed E-state index contributed by atoms with van der Waals surface area (Å²) in [7, 11) is 0. The van der Waals surface area contributed by atoms with Crippen molar-refractivity contribution in [1.29, 1.82) is 5.26 Å². The van der Waals surface area contributed by atoms with Crippen LogP contribution in [0.1, 0.15) is 16.8 Å². The van der Waals surface area contributed by atoms with Gasteiger partial charge < -0.3 is 4.98 Å². The molecular weight excluding hydrogens is 238 g/mol. The molecule has 2 heterocycles. The minimum atomic E-state index is -0.150. The Morgan fingerprint density at radius 2 is 2.05 bits per heavy atom. The average molecular weight is 249 g/mol. The molecule has 1 N–H and O–H groups in total. The van der Waals surface area contributed by atoms with Crippen molar-refractivity contribution >= 4 is 21.7 Å². The summed E-state index contributed by atoms with van der Waals surface area (Å²) in [6.07, 6.45) is 1.59. The first-order valence-electron chi connectivity index (χ1n) is 5.94. The number of benzene rings is 1. The van der Waals surface area contributed by atoms with Crippen LogP contribution in [0.25, 0.3) is 21.7 Å². The Hall–Kier alpha value is -2.67. The number of pyridine rings is 2. The number of aromatic nitrogens is 2. The molecule has 92 valence electrons. The van der Waals surface area contributed by atoms with Gasteiger partial charge in [-0.3, -0.25) is 9.78 Å². The van der Waals surface area contributed by atoms with Crippen molar-refractivity contribution < 1.29 is 0 Å². The smallest absolute Gasteiger partial charge is 0.257 e. The third-order valence-corrected chi connectivity index (χ3v) is 3.49. The van der Waals surface area contributed by atoms with Gasteiger partial charge in [-0.05, 0) is 37.6 Å². The molecule has 4 nitrogen and oxygen atoms in total. The average Bonchev–Trinajstić information content (AvgIpc) is 2.42. The van der Waals surface area contributed by atoms with E-state index in [1.54, 1.807) is 24.4 Å². The maximum absolute atomic E-state index is 12.1. The van der Waals surface area contributed by atoms with Crippen molar-refractivity contribution in [3.63, 3.8) is 0 Å². The molecule has 0 radical (unpaired) electrons. The highest BCUT2D eigenvalue weighted by molar-refractivity contribution is 6.07. The van der Waals surface area contributed by atoms with Gasteiger partial charge in [0.15, 0.2) is 0 Å². The molecule has 3 aromatic rings. The lowest BCUT2D eigenvalue weighted by molar-refractivity contribution is 1.17. The van der Waals surface area contributed by atoms with E-state index in [2.05, 4.69) is 16.0 Å². The fourth-order valence-electron chi connectivity index (χ4n) is 2.34. The van der Waals surface area contributed by atoms with Crippen LogP contribution in [0.15, 0.2) is 29.2 Å². The molecule has 0 saturated heterocycles. The number of nitrogens with one attached hydrogen (secondary N) is 1. The van der Waals surface area contributed by atoms with Gasteiger partial charge in [-0.1, -0.05) is 0 Å². The molecule has 0 atom stereocenters. The van der Waals surface area contributed by atoms with E-state index in [0.29, 0.717) is 10.9 Å². The van der Waals surface area contributed by atoms with Crippen molar-refractivity contribution in [3.05, 3.63) is 51.6 Å². The molecule has 4 heteroatoms. The molecule has 0 bridgehead atoms. The van der Waals surface area contributed by atoms with Gasteiger partial charge in [0.05, 0.1) is 17.0 Å². The van der Waals surface area contributed by atoms with Crippen LogP contribution in [0.4, 0.5) is 0 Å². The van der Waals surface area contributed by atoms with Crippen molar-refractivity contribution in [3.8, 4) is 6.07 Å². The normalized spacial score (nSPS) is 10.8. The fraction of sp³-hybridized carbons (Fsp3) is 0.133. The quantitative estimate of drug-likeness (QED) is 0.622. The van der Waals surface area contributed by atoms with E-state index in [0.717, 1.165) is 27.5 Å². The van der Waals surface area contributed by atoms with Crippen LogP contribution in [-0.4, -0.2) is 9.97 Å². The minimum absolute atomic E-state index is 0.150. The van der Waals surface area contributed by atoms with E-state index in [1.807, 2.05) is 13.8 Å². The Balaban J connectivity index is 2.67. The number of nitrogens with zero attached hydrogens (tertiary/aromatic N) is 2. The Bertz CT molecular complexity index is 916. The van der Waals surface area contributed by atoms with Crippen LogP contribution >= 0.6 is 0 Å².